The van der Waals surface area contributed by atoms with E-state index in [-0.39, 0.29) is 52.4 Å². The number of ether oxygens (including phenoxy) is 1. The molecular formula is C19H24FN3O6S. The number of aliphatic hydroxyl groups excluding tert-OH is 1. The maximum absolute atomic E-state index is 15.5. The second-order valence-electron chi connectivity index (χ2n) is 7.71. The molecule has 0 saturated carbocycles. The maximum atomic E-state index is 15.5. The lowest BCUT2D eigenvalue weighted by Gasteiger charge is -2.38. The average Bonchev–Trinajstić information content (AvgIpc) is 3.10. The molecule has 30 heavy (non-hydrogen) atoms. The van der Waals surface area contributed by atoms with Crippen LogP contribution in [0, 0.1) is 5.82 Å². The largest absolute Gasteiger partial charge is 0.392 e. The van der Waals surface area contributed by atoms with Gasteiger partial charge in [-0.2, -0.15) is 11.8 Å². The Hall–Kier alpha value is -1.92. The fourth-order valence-electron chi connectivity index (χ4n) is 4.07. The third kappa shape index (κ3) is 3.65. The first kappa shape index (κ1) is 21.3. The van der Waals surface area contributed by atoms with Gasteiger partial charge in [0.2, 0.25) is 5.76 Å². The van der Waals surface area contributed by atoms with Gasteiger partial charge in [0.25, 0.3) is 11.8 Å². The average molecular weight is 441 g/mol. The van der Waals surface area contributed by atoms with E-state index < -0.39 is 24.2 Å². The van der Waals surface area contributed by atoms with Gasteiger partial charge < -0.3 is 29.5 Å². The van der Waals surface area contributed by atoms with Crippen molar-refractivity contribution in [3.05, 3.63) is 23.2 Å². The van der Waals surface area contributed by atoms with E-state index in [0.717, 1.165) is 4.90 Å². The van der Waals surface area contributed by atoms with Gasteiger partial charge in [-0.1, -0.05) is 5.16 Å². The molecule has 2 aliphatic heterocycles. The van der Waals surface area contributed by atoms with Crippen LogP contribution in [0.2, 0.25) is 0 Å². The number of hydrogen-bond acceptors (Lipinski definition) is 9. The SMILES string of the molecule is C[C@@H]1CN(c2c(CO)cc3c(C(=O)N4CCSCC4(O)O)onc3c2F)C[C@H](C)O1. The van der Waals surface area contributed by atoms with Crippen molar-refractivity contribution in [2.24, 2.45) is 0 Å². The van der Waals surface area contributed by atoms with Gasteiger partial charge in [-0.15, -0.1) is 0 Å². The number of aliphatic hydroxyl groups is 3. The van der Waals surface area contributed by atoms with Crippen LogP contribution in [0.1, 0.15) is 30.0 Å². The molecule has 0 radical (unpaired) electrons. The lowest BCUT2D eigenvalue weighted by atomic mass is 10.0. The van der Waals surface area contributed by atoms with Crippen molar-refractivity contribution in [3.63, 3.8) is 0 Å². The van der Waals surface area contributed by atoms with E-state index in [0.29, 0.717) is 18.8 Å². The normalized spacial score (nSPS) is 24.5. The molecule has 11 heteroatoms. The summed E-state index contributed by atoms with van der Waals surface area (Å²) in [5.74, 6) is -3.68. The Bertz CT molecular complexity index is 957. The Morgan fingerprint density at radius 3 is 2.70 bits per heavy atom. The Morgan fingerprint density at radius 2 is 2.07 bits per heavy atom. The number of amides is 1. The molecule has 2 aromatic rings. The summed E-state index contributed by atoms with van der Waals surface area (Å²) in [7, 11) is 0. The molecule has 0 aliphatic carbocycles. The van der Waals surface area contributed by atoms with Crippen LogP contribution in [0.3, 0.4) is 0 Å². The number of rotatable bonds is 3. The van der Waals surface area contributed by atoms with Crippen molar-refractivity contribution in [3.8, 4) is 0 Å². The number of carbonyl (C=O) groups is 1. The molecule has 3 N–H and O–H groups in total. The van der Waals surface area contributed by atoms with E-state index in [2.05, 4.69) is 5.16 Å². The predicted octanol–water partition coefficient (Wildman–Crippen LogP) is 0.900. The number of hydrogen-bond donors (Lipinski definition) is 3. The number of carbonyl (C=O) groups excluding carboxylic acids is 1. The van der Waals surface area contributed by atoms with Gasteiger partial charge in [0.05, 0.1) is 35.6 Å². The first-order chi connectivity index (χ1) is 14.2. The first-order valence-electron chi connectivity index (χ1n) is 9.69. The molecule has 1 amide bonds. The highest BCUT2D eigenvalue weighted by atomic mass is 32.2. The molecule has 1 aromatic carbocycles. The van der Waals surface area contributed by atoms with E-state index in [1.807, 2.05) is 13.8 Å². The van der Waals surface area contributed by atoms with E-state index in [1.54, 1.807) is 4.90 Å². The number of thioether (sulfide) groups is 1. The maximum Gasteiger partial charge on any atom is 0.297 e. The molecule has 2 aliphatic rings. The van der Waals surface area contributed by atoms with Crippen LogP contribution < -0.4 is 4.90 Å². The summed E-state index contributed by atoms with van der Waals surface area (Å²) in [5, 5.41) is 34.0. The molecule has 164 valence electrons. The summed E-state index contributed by atoms with van der Waals surface area (Å²) in [6.45, 7) is 4.29. The zero-order valence-electron chi connectivity index (χ0n) is 16.7. The number of halogens is 1. The third-order valence-corrected chi connectivity index (χ3v) is 6.36. The highest BCUT2D eigenvalue weighted by Crippen LogP contribution is 2.35. The minimum atomic E-state index is -2.34. The Balaban J connectivity index is 1.77. The molecular weight excluding hydrogens is 417 g/mol. The summed E-state index contributed by atoms with van der Waals surface area (Å²) in [6.07, 6.45) is -0.243. The minimum absolute atomic E-state index is 0.0708. The number of nitrogens with zero attached hydrogens (tertiary/aromatic N) is 3. The van der Waals surface area contributed by atoms with Crippen molar-refractivity contribution in [1.29, 1.82) is 0 Å². The van der Waals surface area contributed by atoms with Gasteiger partial charge >= 0.3 is 0 Å². The fraction of sp³-hybridized carbons (Fsp3) is 0.579. The Kier molecular flexibility index (Phi) is 5.66. The van der Waals surface area contributed by atoms with Crippen molar-refractivity contribution >= 4 is 34.3 Å². The van der Waals surface area contributed by atoms with Gasteiger partial charge in [0, 0.05) is 31.0 Å². The van der Waals surface area contributed by atoms with Crippen molar-refractivity contribution < 1.29 is 33.8 Å². The number of benzene rings is 1. The second kappa shape index (κ2) is 7.97. The number of morpholine rings is 1. The topological polar surface area (TPSA) is 120 Å². The van der Waals surface area contributed by atoms with Crippen molar-refractivity contribution in [2.75, 3.05) is 36.0 Å². The molecule has 3 heterocycles. The highest BCUT2D eigenvalue weighted by molar-refractivity contribution is 7.99. The van der Waals surface area contributed by atoms with Crippen LogP contribution in [0.4, 0.5) is 10.1 Å². The minimum Gasteiger partial charge on any atom is -0.392 e. The zero-order valence-corrected chi connectivity index (χ0v) is 17.5. The van der Waals surface area contributed by atoms with Gasteiger partial charge in [0.1, 0.15) is 0 Å². The predicted molar refractivity (Wildman–Crippen MR) is 108 cm³/mol. The van der Waals surface area contributed by atoms with Gasteiger partial charge in [-0.05, 0) is 19.9 Å². The van der Waals surface area contributed by atoms with Gasteiger partial charge in [-0.25, -0.2) is 4.39 Å². The van der Waals surface area contributed by atoms with E-state index >= 15 is 4.39 Å². The summed E-state index contributed by atoms with van der Waals surface area (Å²) in [6, 6.07) is 1.47. The fourth-order valence-corrected chi connectivity index (χ4v) is 4.96. The highest BCUT2D eigenvalue weighted by Gasteiger charge is 2.41. The van der Waals surface area contributed by atoms with Crippen molar-refractivity contribution in [2.45, 2.75) is 38.6 Å². The van der Waals surface area contributed by atoms with E-state index in [9.17, 15) is 20.1 Å². The van der Waals surface area contributed by atoms with Crippen LogP contribution in [-0.4, -0.2) is 80.5 Å². The molecule has 2 saturated heterocycles. The quantitative estimate of drug-likeness (QED) is 0.597. The molecule has 9 nitrogen and oxygen atoms in total. The molecule has 4 rings (SSSR count). The molecule has 2 atom stereocenters. The van der Waals surface area contributed by atoms with Gasteiger partial charge in [0.15, 0.2) is 11.3 Å². The lowest BCUT2D eigenvalue weighted by Crippen LogP contribution is -2.57. The summed E-state index contributed by atoms with van der Waals surface area (Å²) in [5.41, 5.74) is 0.338. The standard InChI is InChI=1S/C19H24FN3O6S/c1-10-6-22(7-11(2)28-10)16-12(8-24)5-13-15(14(16)20)21-29-17(13)18(25)23-3-4-30-9-19(23,26)27/h5,10-11,24,26-27H,3-4,6-9H2,1-2H3/t10-,11+. The summed E-state index contributed by atoms with van der Waals surface area (Å²) >= 11 is 1.30. The molecule has 2 fully saturated rings. The smallest absolute Gasteiger partial charge is 0.297 e. The van der Waals surface area contributed by atoms with Crippen LogP contribution in [0.25, 0.3) is 10.9 Å². The lowest BCUT2D eigenvalue weighted by molar-refractivity contribution is -0.228. The molecule has 0 spiro atoms. The van der Waals surface area contributed by atoms with Crippen LogP contribution in [-0.2, 0) is 11.3 Å². The monoisotopic (exact) mass is 441 g/mol. The van der Waals surface area contributed by atoms with Crippen molar-refractivity contribution in [1.82, 2.24) is 10.1 Å². The van der Waals surface area contributed by atoms with E-state index in [4.69, 9.17) is 9.26 Å². The van der Waals surface area contributed by atoms with Gasteiger partial charge in [-0.3, -0.25) is 9.69 Å². The Morgan fingerprint density at radius 1 is 1.37 bits per heavy atom. The molecule has 0 bridgehead atoms. The van der Waals surface area contributed by atoms with Crippen LogP contribution in [0.15, 0.2) is 10.6 Å². The molecule has 0 unspecified atom stereocenters. The Labute approximate surface area is 176 Å². The van der Waals surface area contributed by atoms with Crippen LogP contribution >= 0.6 is 11.8 Å². The number of fused-ring (bicyclic) bond motifs is 1. The number of anilines is 1. The van der Waals surface area contributed by atoms with E-state index in [1.165, 1.54) is 17.8 Å². The zero-order chi connectivity index (χ0) is 21.6. The summed E-state index contributed by atoms with van der Waals surface area (Å²) < 4.78 is 26.3. The summed E-state index contributed by atoms with van der Waals surface area (Å²) in [4.78, 5) is 15.6. The molecule has 1 aromatic heterocycles. The third-order valence-electron chi connectivity index (χ3n) is 5.30. The first-order valence-corrected chi connectivity index (χ1v) is 10.8. The number of aromatic nitrogens is 1. The second-order valence-corrected chi connectivity index (χ2v) is 8.82. The van der Waals surface area contributed by atoms with Crippen LogP contribution in [0.5, 0.6) is 0 Å².